The lowest BCUT2D eigenvalue weighted by Gasteiger charge is -2.28. The molecule has 4 nitrogen and oxygen atoms in total. The normalized spacial score (nSPS) is 12.6. The fourth-order valence-electron chi connectivity index (χ4n) is 2.43. The molecule has 2 N–H and O–H groups in total. The van der Waals surface area contributed by atoms with E-state index in [4.69, 9.17) is 50.0 Å². The van der Waals surface area contributed by atoms with Gasteiger partial charge in [0.15, 0.2) is 12.4 Å². The van der Waals surface area contributed by atoms with Gasteiger partial charge in [0.2, 0.25) is 0 Å². The van der Waals surface area contributed by atoms with Gasteiger partial charge in [0.25, 0.3) is 5.91 Å². The van der Waals surface area contributed by atoms with Crippen LogP contribution in [0.25, 0.3) is 0 Å². The molecule has 0 atom stereocenters. The average Bonchev–Trinajstić information content (AvgIpc) is 2.62. The second-order valence-electron chi connectivity index (χ2n) is 6.64. The molecule has 1 aromatic carbocycles. The van der Waals surface area contributed by atoms with Gasteiger partial charge in [-0.2, -0.15) is 0 Å². The highest BCUT2D eigenvalue weighted by Gasteiger charge is 2.26. The Balaban J connectivity index is 3.14. The molecule has 0 aliphatic rings. The quantitative estimate of drug-likeness (QED) is 0.202. The molecule has 0 bridgehead atoms. The number of alkyl halides is 1. The van der Waals surface area contributed by atoms with Gasteiger partial charge in [0.05, 0.1) is 22.4 Å². The lowest BCUT2D eigenvalue weighted by molar-refractivity contribution is -0.121. The molecule has 0 saturated heterocycles. The molecule has 0 fully saturated rings. The molecule has 0 saturated carbocycles. The number of carbonyl (C=O) groups is 1. The Bertz CT molecular complexity index is 747. The van der Waals surface area contributed by atoms with E-state index in [0.717, 1.165) is 11.1 Å². The van der Waals surface area contributed by atoms with E-state index in [1.165, 1.54) is 0 Å². The summed E-state index contributed by atoms with van der Waals surface area (Å²) in [4.78, 5) is 10.8. The van der Waals surface area contributed by atoms with Crippen molar-refractivity contribution < 1.29 is 14.3 Å². The molecule has 7 heteroatoms. The van der Waals surface area contributed by atoms with Crippen LogP contribution in [0.1, 0.15) is 32.8 Å². The van der Waals surface area contributed by atoms with Crippen molar-refractivity contribution in [2.45, 2.75) is 32.6 Å². The first-order chi connectivity index (χ1) is 13.1. The van der Waals surface area contributed by atoms with Gasteiger partial charge in [-0.1, -0.05) is 55.8 Å². The summed E-state index contributed by atoms with van der Waals surface area (Å²) < 4.78 is 10.9. The molecule has 0 radical (unpaired) electrons. The third-order valence-electron chi connectivity index (χ3n) is 4.13. The Labute approximate surface area is 181 Å². The summed E-state index contributed by atoms with van der Waals surface area (Å²) in [6.07, 6.45) is 6.09. The van der Waals surface area contributed by atoms with E-state index in [0.29, 0.717) is 40.5 Å². The largest absolute Gasteiger partial charge is 0.490 e. The number of primary amides is 1. The van der Waals surface area contributed by atoms with Crippen LogP contribution >= 0.6 is 34.8 Å². The van der Waals surface area contributed by atoms with Crippen molar-refractivity contribution in [2.75, 3.05) is 19.1 Å². The Morgan fingerprint density at radius 2 is 1.86 bits per heavy atom. The molecule has 154 valence electrons. The topological polar surface area (TPSA) is 61.5 Å². The minimum Gasteiger partial charge on any atom is -0.490 e. The van der Waals surface area contributed by atoms with Gasteiger partial charge in [-0.3, -0.25) is 4.79 Å². The summed E-state index contributed by atoms with van der Waals surface area (Å²) in [7, 11) is 0. The second-order valence-corrected chi connectivity index (χ2v) is 7.84. The highest BCUT2D eigenvalue weighted by Crippen LogP contribution is 2.40. The van der Waals surface area contributed by atoms with Gasteiger partial charge >= 0.3 is 0 Å². The van der Waals surface area contributed by atoms with Crippen LogP contribution in [0.15, 0.2) is 48.3 Å². The summed E-state index contributed by atoms with van der Waals surface area (Å²) in [5, 5.41) is 0.871. The molecule has 28 heavy (non-hydrogen) atoms. The molecule has 0 aromatic heterocycles. The van der Waals surface area contributed by atoms with Crippen LogP contribution in [0, 0.1) is 0 Å². The Hall–Kier alpha value is -1.62. The van der Waals surface area contributed by atoms with Crippen LogP contribution in [0.2, 0.25) is 10.0 Å². The maximum atomic E-state index is 10.8. The lowest BCUT2D eigenvalue weighted by atomic mass is 9.77. The zero-order chi connectivity index (χ0) is 21.3. The smallest absolute Gasteiger partial charge is 0.255 e. The molecule has 0 aliphatic heterocycles. The minimum atomic E-state index is -0.529. The number of benzene rings is 1. The highest BCUT2D eigenvalue weighted by atomic mass is 35.5. The van der Waals surface area contributed by atoms with Gasteiger partial charge in [-0.15, -0.1) is 11.6 Å². The number of nitrogens with two attached hydrogens (primary N) is 1. The number of halogens is 3. The number of hydrogen-bond donors (Lipinski definition) is 1. The van der Waals surface area contributed by atoms with E-state index in [9.17, 15) is 4.79 Å². The first-order valence-electron chi connectivity index (χ1n) is 8.74. The average molecular weight is 447 g/mol. The third-order valence-corrected chi connectivity index (χ3v) is 4.95. The molecular weight excluding hydrogens is 421 g/mol. The van der Waals surface area contributed by atoms with Crippen LogP contribution < -0.4 is 10.5 Å². The SMILES string of the molecule is C=C/C(=C\C=C(/C)OCC(N)=O)C(C)(C)c1cc(Cl)c(OCCCCl)c(Cl)c1. The Morgan fingerprint density at radius 3 is 2.36 bits per heavy atom. The summed E-state index contributed by atoms with van der Waals surface area (Å²) in [5.74, 6) is 0.989. The van der Waals surface area contributed by atoms with Crippen molar-refractivity contribution in [1.29, 1.82) is 0 Å². The first kappa shape index (κ1) is 24.4. The number of ether oxygens (including phenoxy) is 2. The van der Waals surface area contributed by atoms with Crippen molar-refractivity contribution in [2.24, 2.45) is 5.73 Å². The maximum Gasteiger partial charge on any atom is 0.255 e. The van der Waals surface area contributed by atoms with Crippen LogP contribution in [0.5, 0.6) is 5.75 Å². The van der Waals surface area contributed by atoms with Crippen molar-refractivity contribution >= 4 is 40.7 Å². The van der Waals surface area contributed by atoms with E-state index in [1.54, 1.807) is 19.1 Å². The van der Waals surface area contributed by atoms with Crippen LogP contribution in [-0.4, -0.2) is 25.0 Å². The Morgan fingerprint density at radius 1 is 1.25 bits per heavy atom. The van der Waals surface area contributed by atoms with Crippen molar-refractivity contribution in [3.8, 4) is 5.75 Å². The lowest BCUT2D eigenvalue weighted by Crippen LogP contribution is -2.19. The summed E-state index contributed by atoms with van der Waals surface area (Å²) >= 11 is 18.5. The fraction of sp³-hybridized carbons (Fsp3) is 0.381. The molecule has 0 heterocycles. The fourth-order valence-corrected chi connectivity index (χ4v) is 3.13. The van der Waals surface area contributed by atoms with Crippen LogP contribution in [-0.2, 0) is 14.9 Å². The zero-order valence-electron chi connectivity index (χ0n) is 16.4. The Kier molecular flexibility index (Phi) is 9.94. The molecule has 1 amide bonds. The van der Waals surface area contributed by atoms with Crippen LogP contribution in [0.4, 0.5) is 0 Å². The van der Waals surface area contributed by atoms with Gasteiger partial charge in [0.1, 0.15) is 0 Å². The van der Waals surface area contributed by atoms with Crippen molar-refractivity contribution in [3.63, 3.8) is 0 Å². The maximum absolute atomic E-state index is 10.8. The van der Waals surface area contributed by atoms with Gasteiger partial charge in [-0.25, -0.2) is 0 Å². The molecule has 1 rings (SSSR count). The highest BCUT2D eigenvalue weighted by molar-refractivity contribution is 6.37. The number of allylic oxidation sites excluding steroid dienone is 5. The van der Waals surface area contributed by atoms with E-state index >= 15 is 0 Å². The number of amides is 1. The third kappa shape index (κ3) is 7.08. The number of carbonyl (C=O) groups excluding carboxylic acids is 1. The van der Waals surface area contributed by atoms with Crippen molar-refractivity contribution in [1.82, 2.24) is 0 Å². The minimum absolute atomic E-state index is 0.167. The first-order valence-corrected chi connectivity index (χ1v) is 10.0. The number of rotatable bonds is 11. The molecular formula is C21H26Cl3NO3. The van der Waals surface area contributed by atoms with E-state index in [2.05, 4.69) is 6.58 Å². The summed E-state index contributed by atoms with van der Waals surface area (Å²) in [6, 6.07) is 3.67. The predicted octanol–water partition coefficient (Wildman–Crippen LogP) is 5.80. The number of hydrogen-bond acceptors (Lipinski definition) is 3. The molecule has 0 spiro atoms. The van der Waals surface area contributed by atoms with E-state index in [1.807, 2.05) is 32.1 Å². The standard InChI is InChI=1S/C21H26Cl3NO3/c1-5-15(8-7-14(2)28-13-19(25)26)21(3,4)16-11-17(23)20(18(24)12-16)27-10-6-9-22/h5,7-8,11-12H,1,6,9-10,13H2,2-4H3,(H2,25,26)/b14-7+,15-8+. The van der Waals surface area contributed by atoms with Gasteiger partial charge < -0.3 is 15.2 Å². The molecule has 0 unspecified atom stereocenters. The van der Waals surface area contributed by atoms with Crippen molar-refractivity contribution in [3.05, 3.63) is 63.9 Å². The van der Waals surface area contributed by atoms with E-state index < -0.39 is 11.3 Å². The van der Waals surface area contributed by atoms with E-state index in [-0.39, 0.29) is 6.61 Å². The van der Waals surface area contributed by atoms with Gasteiger partial charge in [0, 0.05) is 11.3 Å². The molecule has 1 aromatic rings. The predicted molar refractivity (Wildman–Crippen MR) is 118 cm³/mol. The summed E-state index contributed by atoms with van der Waals surface area (Å²) in [5.41, 5.74) is 6.46. The van der Waals surface area contributed by atoms with Crippen LogP contribution in [0.3, 0.4) is 0 Å². The molecule has 0 aliphatic carbocycles. The second kappa shape index (κ2) is 11.4. The zero-order valence-corrected chi connectivity index (χ0v) is 18.6. The summed E-state index contributed by atoms with van der Waals surface area (Å²) in [6.45, 7) is 9.99. The van der Waals surface area contributed by atoms with Gasteiger partial charge in [-0.05, 0) is 42.7 Å². The monoisotopic (exact) mass is 445 g/mol.